The monoisotopic (exact) mass is 565 g/mol. The van der Waals surface area contributed by atoms with Crippen LogP contribution in [0.25, 0.3) is 0 Å². The summed E-state index contributed by atoms with van der Waals surface area (Å²) in [6.45, 7) is 14.3. The van der Waals surface area contributed by atoms with Gasteiger partial charge in [0.1, 0.15) is 17.7 Å². The predicted molar refractivity (Wildman–Crippen MR) is 165 cm³/mol. The summed E-state index contributed by atoms with van der Waals surface area (Å²) in [5.41, 5.74) is 2.18. The second kappa shape index (κ2) is 16.8. The summed E-state index contributed by atoms with van der Waals surface area (Å²) in [6, 6.07) is 16.0. The van der Waals surface area contributed by atoms with Gasteiger partial charge in [-0.05, 0) is 56.2 Å². The Balaban J connectivity index is 2.50. The van der Waals surface area contributed by atoms with Crippen molar-refractivity contribution in [1.29, 1.82) is 0 Å². The van der Waals surface area contributed by atoms with Crippen LogP contribution in [0.5, 0.6) is 0 Å². The topological polar surface area (TPSA) is 87.7 Å². The Labute approximate surface area is 247 Å². The largest absolute Gasteiger partial charge is 0.444 e. The van der Waals surface area contributed by atoms with Gasteiger partial charge in [-0.3, -0.25) is 9.59 Å². The van der Waals surface area contributed by atoms with Crippen molar-refractivity contribution in [3.8, 4) is 0 Å². The van der Waals surface area contributed by atoms with Gasteiger partial charge in [0.2, 0.25) is 11.8 Å². The third-order valence-electron chi connectivity index (χ3n) is 7.26. The van der Waals surface area contributed by atoms with E-state index in [0.717, 1.165) is 48.8 Å². The molecule has 0 saturated heterocycles. The van der Waals surface area contributed by atoms with E-state index in [2.05, 4.69) is 24.5 Å². The number of unbranched alkanes of at least 4 members (excludes halogenated alkanes) is 3. The minimum Gasteiger partial charge on any atom is -0.444 e. The third kappa shape index (κ3) is 11.2. The van der Waals surface area contributed by atoms with Crippen LogP contribution in [0.15, 0.2) is 54.6 Å². The lowest BCUT2D eigenvalue weighted by atomic mass is 9.95. The summed E-state index contributed by atoms with van der Waals surface area (Å²) in [7, 11) is 0. The SMILES string of the molecule is CCCCCCN(C(=O)C(NC(=O)OC(C)(C)C)C(C)CC)C(C(=O)NCc1ccccc1)c1ccc(CC)cc1. The lowest BCUT2D eigenvalue weighted by Gasteiger charge is -2.36. The Kier molecular flexibility index (Phi) is 13.9. The van der Waals surface area contributed by atoms with E-state index in [1.165, 1.54) is 0 Å². The van der Waals surface area contributed by atoms with Crippen LogP contribution in [-0.2, 0) is 27.3 Å². The molecular weight excluding hydrogens is 514 g/mol. The molecule has 0 radical (unpaired) electrons. The molecule has 3 amide bonds. The number of rotatable bonds is 15. The van der Waals surface area contributed by atoms with E-state index in [1.54, 1.807) is 25.7 Å². The maximum absolute atomic E-state index is 14.4. The molecule has 7 heteroatoms. The van der Waals surface area contributed by atoms with Crippen LogP contribution < -0.4 is 10.6 Å². The van der Waals surface area contributed by atoms with Crippen LogP contribution in [0.4, 0.5) is 4.79 Å². The molecule has 226 valence electrons. The predicted octanol–water partition coefficient (Wildman–Crippen LogP) is 6.95. The van der Waals surface area contributed by atoms with Crippen molar-refractivity contribution in [2.75, 3.05) is 6.54 Å². The second-order valence-corrected chi connectivity index (χ2v) is 11.8. The smallest absolute Gasteiger partial charge is 0.408 e. The molecule has 0 aliphatic carbocycles. The maximum Gasteiger partial charge on any atom is 0.408 e. The lowest BCUT2D eigenvalue weighted by molar-refractivity contribution is -0.143. The molecule has 0 fully saturated rings. The fraction of sp³-hybridized carbons (Fsp3) is 0.559. The molecule has 0 heterocycles. The summed E-state index contributed by atoms with van der Waals surface area (Å²) in [5.74, 6) is -0.688. The Morgan fingerprint density at radius 3 is 2.10 bits per heavy atom. The van der Waals surface area contributed by atoms with E-state index in [0.29, 0.717) is 19.5 Å². The van der Waals surface area contributed by atoms with Gasteiger partial charge in [0.05, 0.1) is 0 Å². The molecule has 0 aromatic heterocycles. The van der Waals surface area contributed by atoms with Gasteiger partial charge in [0.25, 0.3) is 0 Å². The van der Waals surface area contributed by atoms with Crippen LogP contribution >= 0.6 is 0 Å². The first-order chi connectivity index (χ1) is 19.5. The summed E-state index contributed by atoms with van der Waals surface area (Å²) in [6.07, 6.45) is 4.72. The number of amides is 3. The van der Waals surface area contributed by atoms with Gasteiger partial charge in [-0.25, -0.2) is 4.79 Å². The third-order valence-corrected chi connectivity index (χ3v) is 7.26. The highest BCUT2D eigenvalue weighted by molar-refractivity contribution is 5.92. The highest BCUT2D eigenvalue weighted by Gasteiger charge is 2.37. The molecule has 41 heavy (non-hydrogen) atoms. The molecule has 7 nitrogen and oxygen atoms in total. The zero-order valence-corrected chi connectivity index (χ0v) is 26.2. The summed E-state index contributed by atoms with van der Waals surface area (Å²) >= 11 is 0. The van der Waals surface area contributed by atoms with Gasteiger partial charge < -0.3 is 20.3 Å². The summed E-state index contributed by atoms with van der Waals surface area (Å²) in [5, 5.41) is 5.92. The first kappa shape index (κ1) is 33.9. The van der Waals surface area contributed by atoms with E-state index in [-0.39, 0.29) is 17.7 Å². The van der Waals surface area contributed by atoms with E-state index < -0.39 is 23.8 Å². The molecule has 2 rings (SSSR count). The number of alkyl carbamates (subject to hydrolysis) is 1. The highest BCUT2D eigenvalue weighted by atomic mass is 16.6. The minimum absolute atomic E-state index is 0.163. The van der Waals surface area contributed by atoms with Crippen molar-refractivity contribution in [3.63, 3.8) is 0 Å². The van der Waals surface area contributed by atoms with Crippen molar-refractivity contribution in [2.45, 2.75) is 111 Å². The molecule has 0 aliphatic rings. The number of benzene rings is 2. The fourth-order valence-electron chi connectivity index (χ4n) is 4.66. The summed E-state index contributed by atoms with van der Waals surface area (Å²) in [4.78, 5) is 42.9. The minimum atomic E-state index is -0.842. The standard InChI is InChI=1S/C34H51N3O4/c1-8-11-12-16-23-37(32(39)29(25(4)9-2)36-33(40)41-34(5,6)7)30(28-21-19-26(10-3)20-22-28)31(38)35-24-27-17-14-13-15-18-27/h13-15,17-22,25,29-30H,8-12,16,23-24H2,1-7H3,(H,35,38)(H,36,40). The van der Waals surface area contributed by atoms with Crippen LogP contribution in [-0.4, -0.2) is 41.0 Å². The van der Waals surface area contributed by atoms with Gasteiger partial charge in [0.15, 0.2) is 0 Å². The number of ether oxygens (including phenoxy) is 1. The average Bonchev–Trinajstić information content (AvgIpc) is 2.95. The number of hydrogen-bond acceptors (Lipinski definition) is 4. The van der Waals surface area contributed by atoms with Crippen molar-refractivity contribution < 1.29 is 19.1 Å². The Hall–Kier alpha value is -3.35. The Morgan fingerprint density at radius 2 is 1.54 bits per heavy atom. The zero-order valence-electron chi connectivity index (χ0n) is 26.2. The fourth-order valence-corrected chi connectivity index (χ4v) is 4.66. The van der Waals surface area contributed by atoms with Crippen molar-refractivity contribution >= 4 is 17.9 Å². The quantitative estimate of drug-likeness (QED) is 0.229. The normalized spacial score (nSPS) is 13.5. The van der Waals surface area contributed by atoms with Gasteiger partial charge >= 0.3 is 6.09 Å². The average molecular weight is 566 g/mol. The molecule has 0 aliphatic heterocycles. The van der Waals surface area contributed by atoms with Crippen LogP contribution in [0.3, 0.4) is 0 Å². The first-order valence-electron chi connectivity index (χ1n) is 15.2. The van der Waals surface area contributed by atoms with Crippen LogP contribution in [0.1, 0.15) is 103 Å². The molecule has 0 saturated carbocycles. The number of nitrogens with one attached hydrogen (secondary N) is 2. The van der Waals surface area contributed by atoms with Crippen molar-refractivity contribution in [2.24, 2.45) is 5.92 Å². The van der Waals surface area contributed by atoms with Crippen LogP contribution in [0.2, 0.25) is 0 Å². The number of carbonyl (C=O) groups is 3. The van der Waals surface area contributed by atoms with Gasteiger partial charge in [-0.1, -0.05) is 108 Å². The van der Waals surface area contributed by atoms with E-state index in [1.807, 2.05) is 68.4 Å². The van der Waals surface area contributed by atoms with E-state index >= 15 is 0 Å². The molecule has 2 aromatic carbocycles. The van der Waals surface area contributed by atoms with Gasteiger partial charge in [-0.15, -0.1) is 0 Å². The molecule has 3 atom stereocenters. The molecular formula is C34H51N3O4. The summed E-state index contributed by atoms with van der Waals surface area (Å²) < 4.78 is 5.51. The molecule has 2 N–H and O–H groups in total. The van der Waals surface area contributed by atoms with Crippen LogP contribution in [0, 0.1) is 5.92 Å². The van der Waals surface area contributed by atoms with Gasteiger partial charge in [-0.2, -0.15) is 0 Å². The number of hydrogen-bond donors (Lipinski definition) is 2. The van der Waals surface area contributed by atoms with Crippen molar-refractivity contribution in [3.05, 3.63) is 71.3 Å². The van der Waals surface area contributed by atoms with Gasteiger partial charge in [0, 0.05) is 13.1 Å². The molecule has 0 spiro atoms. The highest BCUT2D eigenvalue weighted by Crippen LogP contribution is 2.26. The van der Waals surface area contributed by atoms with E-state index in [4.69, 9.17) is 4.74 Å². The lowest BCUT2D eigenvalue weighted by Crippen LogP contribution is -2.55. The Bertz CT molecular complexity index is 1080. The number of carbonyl (C=O) groups excluding carboxylic acids is 3. The molecule has 2 aromatic rings. The number of nitrogens with zero attached hydrogens (tertiary/aromatic N) is 1. The molecule has 0 bridgehead atoms. The van der Waals surface area contributed by atoms with Crippen molar-refractivity contribution in [1.82, 2.24) is 15.5 Å². The molecule has 3 unspecified atom stereocenters. The first-order valence-corrected chi connectivity index (χ1v) is 15.2. The number of aryl methyl sites for hydroxylation is 1. The Morgan fingerprint density at radius 1 is 0.878 bits per heavy atom. The van der Waals surface area contributed by atoms with E-state index in [9.17, 15) is 14.4 Å². The second-order valence-electron chi connectivity index (χ2n) is 11.8. The zero-order chi connectivity index (χ0) is 30.4. The maximum atomic E-state index is 14.4.